The van der Waals surface area contributed by atoms with Gasteiger partial charge in [0.1, 0.15) is 5.82 Å². The van der Waals surface area contributed by atoms with Crippen LogP contribution >= 0.6 is 0 Å². The van der Waals surface area contributed by atoms with Gasteiger partial charge in [-0.15, -0.1) is 0 Å². The number of halogens is 2. The summed E-state index contributed by atoms with van der Waals surface area (Å²) in [6, 6.07) is 4.46. The van der Waals surface area contributed by atoms with Gasteiger partial charge >= 0.3 is 0 Å². The van der Waals surface area contributed by atoms with E-state index in [1.54, 1.807) is 13.0 Å². The number of aryl methyl sites for hydroxylation is 2. The van der Waals surface area contributed by atoms with Crippen LogP contribution < -0.4 is 5.73 Å². The van der Waals surface area contributed by atoms with Crippen molar-refractivity contribution in [1.29, 1.82) is 0 Å². The summed E-state index contributed by atoms with van der Waals surface area (Å²) >= 11 is 0. The van der Waals surface area contributed by atoms with E-state index in [4.69, 9.17) is 5.73 Å². The summed E-state index contributed by atoms with van der Waals surface area (Å²) in [6.07, 6.45) is 0. The van der Waals surface area contributed by atoms with Crippen LogP contribution in [0.4, 0.5) is 14.6 Å². The Bertz CT molecular complexity index is 559. The minimum Gasteiger partial charge on any atom is -0.381 e. The van der Waals surface area contributed by atoms with Gasteiger partial charge in [0.2, 0.25) is 0 Å². The Balaban J connectivity index is 2.57. The lowest BCUT2D eigenvalue weighted by Crippen LogP contribution is -2.03. The van der Waals surface area contributed by atoms with E-state index < -0.39 is 5.82 Å². The van der Waals surface area contributed by atoms with E-state index in [9.17, 15) is 8.78 Å². The molecule has 0 aliphatic rings. The molecule has 2 rings (SSSR count). The van der Waals surface area contributed by atoms with Crippen LogP contribution in [0.15, 0.2) is 18.2 Å². The van der Waals surface area contributed by atoms with Crippen LogP contribution in [0.25, 0.3) is 11.4 Å². The topological polar surface area (TPSA) is 51.8 Å². The van der Waals surface area contributed by atoms with Crippen molar-refractivity contribution in [2.24, 2.45) is 0 Å². The molecule has 0 atom stereocenters. The first-order chi connectivity index (χ1) is 7.99. The molecule has 1 heterocycles. The number of benzene rings is 1. The van der Waals surface area contributed by atoms with Gasteiger partial charge in [0.15, 0.2) is 17.5 Å². The molecule has 17 heavy (non-hydrogen) atoms. The number of nitrogens with two attached hydrogens (primary N) is 1. The van der Waals surface area contributed by atoms with Crippen molar-refractivity contribution >= 4 is 5.82 Å². The summed E-state index contributed by atoms with van der Waals surface area (Å²) in [7, 11) is 0. The first kappa shape index (κ1) is 11.4. The average Bonchev–Trinajstić information content (AvgIpc) is 2.29. The molecule has 0 aliphatic carbocycles. The fourth-order valence-electron chi connectivity index (χ4n) is 1.49. The van der Waals surface area contributed by atoms with Gasteiger partial charge in [-0.1, -0.05) is 0 Å². The van der Waals surface area contributed by atoms with E-state index >= 15 is 0 Å². The molecule has 0 fully saturated rings. The standard InChI is InChI=1S/C12H11F2N3/c1-6-5-8(3-4-9(6)13)12-16-7(2)10(14)11(15)17-12/h3-5H,1-2H3,(H2,15,16,17). The maximum Gasteiger partial charge on any atom is 0.186 e. The second-order valence-electron chi connectivity index (χ2n) is 3.80. The Kier molecular flexibility index (Phi) is 2.75. The van der Waals surface area contributed by atoms with Gasteiger partial charge in [-0.05, 0) is 37.6 Å². The molecule has 0 saturated heterocycles. The molecule has 0 unspecified atom stereocenters. The predicted molar refractivity (Wildman–Crippen MR) is 61.3 cm³/mol. The molecule has 5 heteroatoms. The van der Waals surface area contributed by atoms with Crippen molar-refractivity contribution in [2.45, 2.75) is 13.8 Å². The van der Waals surface area contributed by atoms with Gasteiger partial charge in [-0.3, -0.25) is 0 Å². The Morgan fingerprint density at radius 2 is 1.82 bits per heavy atom. The SMILES string of the molecule is Cc1cc(-c2nc(C)c(F)c(N)n2)ccc1F. The van der Waals surface area contributed by atoms with Crippen molar-refractivity contribution in [1.82, 2.24) is 9.97 Å². The van der Waals surface area contributed by atoms with Crippen molar-refractivity contribution in [3.05, 3.63) is 41.1 Å². The maximum atomic E-state index is 13.3. The summed E-state index contributed by atoms with van der Waals surface area (Å²) < 4.78 is 26.4. The van der Waals surface area contributed by atoms with Crippen molar-refractivity contribution < 1.29 is 8.78 Å². The molecule has 88 valence electrons. The van der Waals surface area contributed by atoms with Gasteiger partial charge in [0.25, 0.3) is 0 Å². The molecule has 1 aromatic carbocycles. The molecule has 0 amide bonds. The highest BCUT2D eigenvalue weighted by Gasteiger charge is 2.10. The number of nitrogen functional groups attached to an aromatic ring is 1. The number of aromatic nitrogens is 2. The minimum atomic E-state index is -0.618. The van der Waals surface area contributed by atoms with Crippen LogP contribution in [0.2, 0.25) is 0 Å². The van der Waals surface area contributed by atoms with Crippen LogP contribution in [-0.2, 0) is 0 Å². The van der Waals surface area contributed by atoms with Gasteiger partial charge in [0, 0.05) is 5.56 Å². The summed E-state index contributed by atoms with van der Waals surface area (Å²) in [5.74, 6) is -0.827. The van der Waals surface area contributed by atoms with E-state index in [-0.39, 0.29) is 17.3 Å². The van der Waals surface area contributed by atoms with Crippen LogP contribution in [0.1, 0.15) is 11.3 Å². The van der Waals surface area contributed by atoms with Crippen LogP contribution in [0, 0.1) is 25.5 Å². The van der Waals surface area contributed by atoms with E-state index in [2.05, 4.69) is 9.97 Å². The van der Waals surface area contributed by atoms with Crippen LogP contribution in [0.5, 0.6) is 0 Å². The predicted octanol–water partition coefficient (Wildman–Crippen LogP) is 2.62. The van der Waals surface area contributed by atoms with Gasteiger partial charge in [-0.2, -0.15) is 0 Å². The Morgan fingerprint density at radius 1 is 1.12 bits per heavy atom. The molecule has 0 saturated carbocycles. The van der Waals surface area contributed by atoms with E-state index in [1.807, 2.05) is 0 Å². The molecule has 1 aromatic heterocycles. The minimum absolute atomic E-state index is 0.175. The van der Waals surface area contributed by atoms with Gasteiger partial charge in [0.05, 0.1) is 5.69 Å². The van der Waals surface area contributed by atoms with Crippen molar-refractivity contribution in [3.63, 3.8) is 0 Å². The zero-order valence-corrected chi connectivity index (χ0v) is 9.46. The lowest BCUT2D eigenvalue weighted by molar-refractivity contribution is 0.608. The summed E-state index contributed by atoms with van der Waals surface area (Å²) in [5, 5.41) is 0. The van der Waals surface area contributed by atoms with Crippen LogP contribution in [-0.4, -0.2) is 9.97 Å². The summed E-state index contributed by atoms with van der Waals surface area (Å²) in [6.45, 7) is 3.14. The average molecular weight is 235 g/mol. The highest BCUT2D eigenvalue weighted by atomic mass is 19.1. The Hall–Kier alpha value is -2.04. The second-order valence-corrected chi connectivity index (χ2v) is 3.80. The van der Waals surface area contributed by atoms with Crippen LogP contribution in [0.3, 0.4) is 0 Å². The lowest BCUT2D eigenvalue weighted by Gasteiger charge is -2.06. The zero-order chi connectivity index (χ0) is 12.6. The molecule has 0 radical (unpaired) electrons. The van der Waals surface area contributed by atoms with Gasteiger partial charge < -0.3 is 5.73 Å². The molecule has 0 bridgehead atoms. The smallest absolute Gasteiger partial charge is 0.186 e. The largest absolute Gasteiger partial charge is 0.381 e. The Morgan fingerprint density at radius 3 is 2.41 bits per heavy atom. The molecule has 3 nitrogen and oxygen atoms in total. The molecule has 2 aromatic rings. The highest BCUT2D eigenvalue weighted by Crippen LogP contribution is 2.21. The number of hydrogen-bond donors (Lipinski definition) is 1. The molecule has 0 spiro atoms. The third-order valence-corrected chi connectivity index (χ3v) is 2.46. The van der Waals surface area contributed by atoms with Crippen molar-refractivity contribution in [2.75, 3.05) is 5.73 Å². The first-order valence-corrected chi connectivity index (χ1v) is 5.05. The Labute approximate surface area is 97.3 Å². The second kappa shape index (κ2) is 4.08. The fraction of sp³-hybridized carbons (Fsp3) is 0.167. The third-order valence-electron chi connectivity index (χ3n) is 2.46. The molecular weight excluding hydrogens is 224 g/mol. The number of rotatable bonds is 1. The van der Waals surface area contributed by atoms with E-state index in [0.29, 0.717) is 17.0 Å². The highest BCUT2D eigenvalue weighted by molar-refractivity contribution is 5.58. The molecular formula is C12H11F2N3. The monoisotopic (exact) mass is 235 g/mol. The lowest BCUT2D eigenvalue weighted by atomic mass is 10.1. The quantitative estimate of drug-likeness (QED) is 0.826. The van der Waals surface area contributed by atoms with Gasteiger partial charge in [-0.25, -0.2) is 18.7 Å². The van der Waals surface area contributed by atoms with E-state index in [1.165, 1.54) is 19.1 Å². The third kappa shape index (κ3) is 2.08. The fourth-order valence-corrected chi connectivity index (χ4v) is 1.49. The molecule has 0 aliphatic heterocycles. The number of anilines is 1. The summed E-state index contributed by atoms with van der Waals surface area (Å²) in [5.41, 5.74) is 6.69. The normalized spacial score (nSPS) is 10.6. The molecule has 2 N–H and O–H groups in total. The number of nitrogens with zero attached hydrogens (tertiary/aromatic N) is 2. The first-order valence-electron chi connectivity index (χ1n) is 5.05. The summed E-state index contributed by atoms with van der Waals surface area (Å²) in [4.78, 5) is 7.83. The van der Waals surface area contributed by atoms with E-state index in [0.717, 1.165) is 0 Å². The van der Waals surface area contributed by atoms with Crippen molar-refractivity contribution in [3.8, 4) is 11.4 Å². The maximum absolute atomic E-state index is 13.3. The number of hydrogen-bond acceptors (Lipinski definition) is 3. The zero-order valence-electron chi connectivity index (χ0n) is 9.46.